The van der Waals surface area contributed by atoms with Crippen LogP contribution < -0.4 is 10.1 Å². The van der Waals surface area contributed by atoms with Gasteiger partial charge >= 0.3 is 0 Å². The third kappa shape index (κ3) is 4.51. The molecule has 1 saturated heterocycles. The lowest BCUT2D eigenvalue weighted by Crippen LogP contribution is -2.23. The van der Waals surface area contributed by atoms with Gasteiger partial charge in [-0.05, 0) is 25.8 Å². The molecule has 3 heteroatoms. The van der Waals surface area contributed by atoms with Crippen molar-refractivity contribution >= 4 is 0 Å². The van der Waals surface area contributed by atoms with Crippen molar-refractivity contribution in [3.8, 4) is 5.75 Å². The first-order valence-corrected chi connectivity index (χ1v) is 7.22. The van der Waals surface area contributed by atoms with E-state index in [1.54, 1.807) is 0 Å². The molecule has 19 heavy (non-hydrogen) atoms. The molecule has 1 heterocycles. The van der Waals surface area contributed by atoms with Crippen molar-refractivity contribution in [3.05, 3.63) is 29.3 Å². The molecule has 1 atom stereocenters. The van der Waals surface area contributed by atoms with Crippen LogP contribution in [0.4, 0.5) is 0 Å². The standard InChI is InChI=1S/C16H25NO2/c1-12(2)17-10-14-9-13(3)6-7-16(14)19-11-15-5-4-8-18-15/h6-7,9,12,15,17H,4-5,8,10-11H2,1-3H3. The molecule has 1 aromatic rings. The van der Waals surface area contributed by atoms with Crippen molar-refractivity contribution in [2.75, 3.05) is 13.2 Å². The van der Waals surface area contributed by atoms with Gasteiger partial charge in [0.25, 0.3) is 0 Å². The average molecular weight is 263 g/mol. The summed E-state index contributed by atoms with van der Waals surface area (Å²) in [6, 6.07) is 6.84. The number of nitrogens with one attached hydrogen (secondary N) is 1. The van der Waals surface area contributed by atoms with Crippen molar-refractivity contribution in [1.29, 1.82) is 0 Å². The summed E-state index contributed by atoms with van der Waals surface area (Å²) in [5, 5.41) is 3.45. The van der Waals surface area contributed by atoms with E-state index in [4.69, 9.17) is 9.47 Å². The van der Waals surface area contributed by atoms with Crippen molar-refractivity contribution < 1.29 is 9.47 Å². The number of rotatable bonds is 6. The van der Waals surface area contributed by atoms with Crippen molar-refractivity contribution in [1.82, 2.24) is 5.32 Å². The third-order valence-corrected chi connectivity index (χ3v) is 3.37. The van der Waals surface area contributed by atoms with Gasteiger partial charge in [0.05, 0.1) is 6.10 Å². The van der Waals surface area contributed by atoms with Gasteiger partial charge in [0.1, 0.15) is 12.4 Å². The number of hydrogen-bond acceptors (Lipinski definition) is 3. The van der Waals surface area contributed by atoms with E-state index >= 15 is 0 Å². The van der Waals surface area contributed by atoms with Gasteiger partial charge in [-0.2, -0.15) is 0 Å². The zero-order valence-electron chi connectivity index (χ0n) is 12.2. The molecule has 1 aliphatic rings. The molecule has 3 nitrogen and oxygen atoms in total. The van der Waals surface area contributed by atoms with Crippen LogP contribution in [0.3, 0.4) is 0 Å². The maximum Gasteiger partial charge on any atom is 0.123 e. The van der Waals surface area contributed by atoms with Gasteiger partial charge in [0.15, 0.2) is 0 Å². The van der Waals surface area contributed by atoms with E-state index in [0.29, 0.717) is 12.6 Å². The Morgan fingerprint density at radius 1 is 1.42 bits per heavy atom. The Kier molecular flexibility index (Phi) is 5.23. The quantitative estimate of drug-likeness (QED) is 0.855. The van der Waals surface area contributed by atoms with E-state index in [0.717, 1.165) is 31.7 Å². The molecule has 2 rings (SSSR count). The predicted molar refractivity (Wildman–Crippen MR) is 77.6 cm³/mol. The number of benzene rings is 1. The highest BCUT2D eigenvalue weighted by atomic mass is 16.5. The average Bonchev–Trinajstić information content (AvgIpc) is 2.88. The van der Waals surface area contributed by atoms with Crippen LogP contribution in [-0.2, 0) is 11.3 Å². The Hall–Kier alpha value is -1.06. The zero-order valence-corrected chi connectivity index (χ0v) is 12.2. The normalized spacial score (nSPS) is 19.1. The minimum absolute atomic E-state index is 0.271. The largest absolute Gasteiger partial charge is 0.491 e. The summed E-state index contributed by atoms with van der Waals surface area (Å²) in [6.07, 6.45) is 2.54. The molecule has 1 fully saturated rings. The highest BCUT2D eigenvalue weighted by molar-refractivity contribution is 5.36. The van der Waals surface area contributed by atoms with Gasteiger partial charge in [0.2, 0.25) is 0 Å². The van der Waals surface area contributed by atoms with Crippen LogP contribution in [-0.4, -0.2) is 25.4 Å². The van der Waals surface area contributed by atoms with E-state index in [1.807, 2.05) is 0 Å². The zero-order chi connectivity index (χ0) is 13.7. The topological polar surface area (TPSA) is 30.5 Å². The van der Waals surface area contributed by atoms with E-state index in [-0.39, 0.29) is 6.10 Å². The number of aryl methyl sites for hydroxylation is 1. The van der Waals surface area contributed by atoms with Crippen LogP contribution in [0.25, 0.3) is 0 Å². The van der Waals surface area contributed by atoms with E-state index in [9.17, 15) is 0 Å². The second-order valence-corrected chi connectivity index (χ2v) is 5.59. The monoisotopic (exact) mass is 263 g/mol. The molecular weight excluding hydrogens is 238 g/mol. The molecule has 0 saturated carbocycles. The minimum Gasteiger partial charge on any atom is -0.491 e. The maximum atomic E-state index is 5.94. The van der Waals surface area contributed by atoms with Crippen molar-refractivity contribution in [2.24, 2.45) is 0 Å². The molecule has 1 unspecified atom stereocenters. The molecule has 1 aliphatic heterocycles. The van der Waals surface area contributed by atoms with E-state index < -0.39 is 0 Å². The van der Waals surface area contributed by atoms with Crippen LogP contribution in [0.5, 0.6) is 5.75 Å². The van der Waals surface area contributed by atoms with Crippen LogP contribution in [0, 0.1) is 6.92 Å². The second-order valence-electron chi connectivity index (χ2n) is 5.59. The van der Waals surface area contributed by atoms with Gasteiger partial charge in [0, 0.05) is 24.8 Å². The predicted octanol–water partition coefficient (Wildman–Crippen LogP) is 3.05. The highest BCUT2D eigenvalue weighted by Gasteiger charge is 2.16. The summed E-state index contributed by atoms with van der Waals surface area (Å²) < 4.78 is 11.5. The Balaban J connectivity index is 1.96. The molecule has 0 spiro atoms. The van der Waals surface area contributed by atoms with Gasteiger partial charge < -0.3 is 14.8 Å². The van der Waals surface area contributed by atoms with Crippen molar-refractivity contribution in [3.63, 3.8) is 0 Å². The van der Waals surface area contributed by atoms with Gasteiger partial charge in [-0.1, -0.05) is 31.5 Å². The molecular formula is C16H25NO2. The molecule has 0 amide bonds. The lowest BCUT2D eigenvalue weighted by atomic mass is 10.1. The molecule has 0 aliphatic carbocycles. The van der Waals surface area contributed by atoms with Crippen LogP contribution in [0.15, 0.2) is 18.2 Å². The Morgan fingerprint density at radius 3 is 2.95 bits per heavy atom. The van der Waals surface area contributed by atoms with Crippen LogP contribution >= 0.6 is 0 Å². The first-order chi connectivity index (χ1) is 9.15. The van der Waals surface area contributed by atoms with Gasteiger partial charge in [-0.15, -0.1) is 0 Å². The molecule has 106 valence electrons. The van der Waals surface area contributed by atoms with Gasteiger partial charge in [-0.25, -0.2) is 0 Å². The van der Waals surface area contributed by atoms with Gasteiger partial charge in [-0.3, -0.25) is 0 Å². The molecule has 1 N–H and O–H groups in total. The fourth-order valence-electron chi connectivity index (χ4n) is 2.26. The summed E-state index contributed by atoms with van der Waals surface area (Å²) in [6.45, 7) is 8.82. The Morgan fingerprint density at radius 2 is 2.26 bits per heavy atom. The number of ether oxygens (including phenoxy) is 2. The highest BCUT2D eigenvalue weighted by Crippen LogP contribution is 2.22. The fraction of sp³-hybridized carbons (Fsp3) is 0.625. The summed E-state index contributed by atoms with van der Waals surface area (Å²) >= 11 is 0. The smallest absolute Gasteiger partial charge is 0.123 e. The lowest BCUT2D eigenvalue weighted by molar-refractivity contribution is 0.0675. The lowest BCUT2D eigenvalue weighted by Gasteiger charge is -2.16. The molecule has 0 radical (unpaired) electrons. The van der Waals surface area contributed by atoms with Crippen molar-refractivity contribution in [2.45, 2.75) is 52.3 Å². The summed E-state index contributed by atoms with van der Waals surface area (Å²) in [5.41, 5.74) is 2.50. The molecule has 0 aromatic heterocycles. The maximum absolute atomic E-state index is 5.94. The van der Waals surface area contributed by atoms with E-state index in [2.05, 4.69) is 44.3 Å². The summed E-state index contributed by atoms with van der Waals surface area (Å²) in [4.78, 5) is 0. The first kappa shape index (κ1) is 14.4. The summed E-state index contributed by atoms with van der Waals surface area (Å²) in [7, 11) is 0. The van der Waals surface area contributed by atoms with Crippen LogP contribution in [0.1, 0.15) is 37.8 Å². The number of hydrogen-bond donors (Lipinski definition) is 1. The third-order valence-electron chi connectivity index (χ3n) is 3.37. The second kappa shape index (κ2) is 6.92. The first-order valence-electron chi connectivity index (χ1n) is 7.22. The Bertz CT molecular complexity index is 398. The van der Waals surface area contributed by atoms with Crippen LogP contribution in [0.2, 0.25) is 0 Å². The SMILES string of the molecule is Cc1ccc(OCC2CCCO2)c(CNC(C)C)c1. The Labute approximate surface area is 116 Å². The molecule has 1 aromatic carbocycles. The summed E-state index contributed by atoms with van der Waals surface area (Å²) in [5.74, 6) is 0.981. The minimum atomic E-state index is 0.271. The molecule has 0 bridgehead atoms. The van der Waals surface area contributed by atoms with E-state index in [1.165, 1.54) is 11.1 Å². The fourth-order valence-corrected chi connectivity index (χ4v) is 2.26.